The van der Waals surface area contributed by atoms with Gasteiger partial charge < -0.3 is 5.32 Å². The average Bonchev–Trinajstić information content (AvgIpc) is 2.42. The van der Waals surface area contributed by atoms with E-state index >= 15 is 0 Å². The number of nitrogens with zero attached hydrogens (tertiary/aromatic N) is 2. The molecule has 0 fully saturated rings. The molecule has 0 radical (unpaired) electrons. The number of rotatable bonds is 1. The van der Waals surface area contributed by atoms with E-state index in [0.29, 0.717) is 15.6 Å². The van der Waals surface area contributed by atoms with Gasteiger partial charge in [0.1, 0.15) is 23.3 Å². The second-order valence-electron chi connectivity index (χ2n) is 4.12. The van der Waals surface area contributed by atoms with Crippen molar-refractivity contribution < 1.29 is 13.6 Å². The molecule has 1 aromatic rings. The summed E-state index contributed by atoms with van der Waals surface area (Å²) in [6.45, 7) is 0.269. The van der Waals surface area contributed by atoms with Crippen LogP contribution in [-0.4, -0.2) is 22.6 Å². The normalized spacial score (nSPS) is 17.3. The van der Waals surface area contributed by atoms with E-state index in [0.717, 1.165) is 17.8 Å². The van der Waals surface area contributed by atoms with Gasteiger partial charge in [0.25, 0.3) is 0 Å². The number of hydrazone groups is 1. The smallest absolute Gasteiger partial charge is 0.247 e. The summed E-state index contributed by atoms with van der Waals surface area (Å²) in [7, 11) is 0. The van der Waals surface area contributed by atoms with Crippen LogP contribution in [0.4, 0.5) is 8.78 Å². The number of carbonyl (C=O) groups is 1. The third-order valence-electron chi connectivity index (χ3n) is 2.70. The Morgan fingerprint density at radius 3 is 2.95 bits per heavy atom. The van der Waals surface area contributed by atoms with E-state index in [4.69, 9.17) is 0 Å². The first-order valence-corrected chi connectivity index (χ1v) is 6.60. The van der Waals surface area contributed by atoms with Gasteiger partial charge in [-0.25, -0.2) is 13.8 Å². The fraction of sp³-hybridized carbons (Fsp3) is 0.0769. The third-order valence-corrected chi connectivity index (χ3v) is 3.68. The summed E-state index contributed by atoms with van der Waals surface area (Å²) in [5, 5.41) is 9.06. The number of nitrogens with one attached hydrogen (secondary N) is 1. The van der Waals surface area contributed by atoms with Crippen molar-refractivity contribution >= 4 is 22.7 Å². The van der Waals surface area contributed by atoms with Gasteiger partial charge in [0.05, 0.1) is 5.70 Å². The Hall–Kier alpha value is -2.15. The second-order valence-corrected chi connectivity index (χ2v) is 5.18. The standard InChI is InChI=1S/C13H9F2N3OS/c14-8-1-3-11(10(15)5-8)20-13-4-2-9-6-12(19)16-7-18(9)17-13/h1-6H,7H2,(H,16,19). The van der Waals surface area contributed by atoms with E-state index in [1.807, 2.05) is 0 Å². The highest BCUT2D eigenvalue weighted by Crippen LogP contribution is 2.27. The molecular formula is C13H9F2N3OS. The molecule has 2 aliphatic rings. The van der Waals surface area contributed by atoms with E-state index < -0.39 is 11.6 Å². The SMILES string of the molecule is O=C1C=C2C=CC(Sc3ccc(F)cc3F)=NN2CN1. The van der Waals surface area contributed by atoms with E-state index in [1.165, 1.54) is 18.2 Å². The van der Waals surface area contributed by atoms with Crippen LogP contribution in [0.3, 0.4) is 0 Å². The van der Waals surface area contributed by atoms with E-state index in [-0.39, 0.29) is 12.6 Å². The number of halogens is 2. The van der Waals surface area contributed by atoms with Crippen molar-refractivity contribution in [3.63, 3.8) is 0 Å². The Balaban J connectivity index is 1.81. The zero-order valence-electron chi connectivity index (χ0n) is 10.1. The maximum absolute atomic E-state index is 13.6. The van der Waals surface area contributed by atoms with Crippen LogP contribution in [0.15, 0.2) is 52.1 Å². The molecule has 0 spiro atoms. The quantitative estimate of drug-likeness (QED) is 0.863. The van der Waals surface area contributed by atoms with Crippen molar-refractivity contribution in [2.45, 2.75) is 4.90 Å². The lowest BCUT2D eigenvalue weighted by molar-refractivity contribution is -0.117. The number of allylic oxidation sites excluding steroid dienone is 1. The molecule has 3 rings (SSSR count). The number of carbonyl (C=O) groups excluding carboxylic acids is 1. The number of benzene rings is 1. The molecule has 2 aliphatic heterocycles. The number of fused-ring (bicyclic) bond motifs is 1. The molecule has 0 atom stereocenters. The molecule has 20 heavy (non-hydrogen) atoms. The van der Waals surface area contributed by atoms with Crippen molar-refractivity contribution in [3.8, 4) is 0 Å². The first-order chi connectivity index (χ1) is 9.61. The Kier molecular flexibility index (Phi) is 3.27. The van der Waals surface area contributed by atoms with Crippen LogP contribution in [0.5, 0.6) is 0 Å². The minimum atomic E-state index is -0.626. The zero-order valence-corrected chi connectivity index (χ0v) is 11.0. The van der Waals surface area contributed by atoms with Crippen LogP contribution in [0.2, 0.25) is 0 Å². The van der Waals surface area contributed by atoms with Gasteiger partial charge in [-0.3, -0.25) is 4.79 Å². The minimum Gasteiger partial charge on any atom is -0.333 e. The summed E-state index contributed by atoms with van der Waals surface area (Å²) in [6.07, 6.45) is 4.85. The van der Waals surface area contributed by atoms with Gasteiger partial charge in [0.2, 0.25) is 5.91 Å². The van der Waals surface area contributed by atoms with Crippen molar-refractivity contribution in [2.24, 2.45) is 5.10 Å². The van der Waals surface area contributed by atoms with Crippen LogP contribution in [0, 0.1) is 11.6 Å². The largest absolute Gasteiger partial charge is 0.333 e. The van der Waals surface area contributed by atoms with Crippen molar-refractivity contribution in [3.05, 3.63) is 53.8 Å². The zero-order chi connectivity index (χ0) is 14.1. The summed E-state index contributed by atoms with van der Waals surface area (Å²) >= 11 is 1.10. The highest BCUT2D eigenvalue weighted by atomic mass is 32.2. The van der Waals surface area contributed by atoms with E-state index in [9.17, 15) is 13.6 Å². The summed E-state index contributed by atoms with van der Waals surface area (Å²) in [6, 6.07) is 3.40. The molecule has 7 heteroatoms. The second kappa shape index (κ2) is 5.09. The van der Waals surface area contributed by atoms with Gasteiger partial charge in [-0.2, -0.15) is 5.10 Å². The number of thioether (sulfide) groups is 1. The van der Waals surface area contributed by atoms with Crippen LogP contribution in [0.1, 0.15) is 0 Å². The Morgan fingerprint density at radius 2 is 2.15 bits per heavy atom. The molecule has 2 heterocycles. The van der Waals surface area contributed by atoms with Crippen molar-refractivity contribution in [1.29, 1.82) is 0 Å². The lowest BCUT2D eigenvalue weighted by atomic mass is 10.3. The molecule has 0 bridgehead atoms. The third kappa shape index (κ3) is 2.57. The molecule has 1 aromatic carbocycles. The van der Waals surface area contributed by atoms with Gasteiger partial charge >= 0.3 is 0 Å². The Morgan fingerprint density at radius 1 is 1.30 bits per heavy atom. The lowest BCUT2D eigenvalue weighted by Crippen LogP contribution is -2.39. The molecule has 4 nitrogen and oxygen atoms in total. The van der Waals surface area contributed by atoms with Crippen LogP contribution in [-0.2, 0) is 4.79 Å². The van der Waals surface area contributed by atoms with Crippen molar-refractivity contribution in [1.82, 2.24) is 10.3 Å². The number of hydrogen-bond acceptors (Lipinski definition) is 4. The van der Waals surface area contributed by atoms with Crippen molar-refractivity contribution in [2.75, 3.05) is 6.67 Å². The summed E-state index contributed by atoms with van der Waals surface area (Å²) in [5.41, 5.74) is 0.678. The monoisotopic (exact) mass is 293 g/mol. The molecular weight excluding hydrogens is 284 g/mol. The first kappa shape index (κ1) is 12.9. The van der Waals surface area contributed by atoms with E-state index in [1.54, 1.807) is 17.2 Å². The van der Waals surface area contributed by atoms with Gasteiger partial charge in [0.15, 0.2) is 0 Å². The molecule has 1 N–H and O–H groups in total. The van der Waals surface area contributed by atoms with Gasteiger partial charge in [-0.1, -0.05) is 11.8 Å². The van der Waals surface area contributed by atoms with Crippen LogP contribution in [0.25, 0.3) is 0 Å². The summed E-state index contributed by atoms with van der Waals surface area (Å²) < 4.78 is 26.4. The topological polar surface area (TPSA) is 44.7 Å². The first-order valence-electron chi connectivity index (χ1n) is 5.78. The van der Waals surface area contributed by atoms with Crippen LogP contribution < -0.4 is 5.32 Å². The lowest BCUT2D eigenvalue weighted by Gasteiger charge is -2.27. The molecule has 102 valence electrons. The average molecular weight is 293 g/mol. The fourth-order valence-corrected chi connectivity index (χ4v) is 2.56. The molecule has 1 amide bonds. The maximum Gasteiger partial charge on any atom is 0.247 e. The Labute approximate surface area is 117 Å². The minimum absolute atomic E-state index is 0.170. The van der Waals surface area contributed by atoms with Crippen LogP contribution >= 0.6 is 11.8 Å². The highest BCUT2D eigenvalue weighted by Gasteiger charge is 2.19. The molecule has 0 unspecified atom stereocenters. The fourth-order valence-electron chi connectivity index (χ4n) is 1.77. The van der Waals surface area contributed by atoms with Gasteiger partial charge in [-0.15, -0.1) is 0 Å². The van der Waals surface area contributed by atoms with E-state index in [2.05, 4.69) is 10.4 Å². The predicted molar refractivity (Wildman–Crippen MR) is 71.7 cm³/mol. The molecule has 0 aromatic heterocycles. The molecule has 0 saturated heterocycles. The maximum atomic E-state index is 13.6. The number of hydrogen-bond donors (Lipinski definition) is 1. The summed E-state index contributed by atoms with van der Waals surface area (Å²) in [5.74, 6) is -1.41. The predicted octanol–water partition coefficient (Wildman–Crippen LogP) is 2.21. The molecule has 0 saturated carbocycles. The number of amides is 1. The Bertz CT molecular complexity index is 670. The highest BCUT2D eigenvalue weighted by molar-refractivity contribution is 8.14. The van der Waals surface area contributed by atoms with Gasteiger partial charge in [-0.05, 0) is 24.3 Å². The molecule has 0 aliphatic carbocycles. The van der Waals surface area contributed by atoms with Gasteiger partial charge in [0, 0.05) is 17.0 Å². The summed E-state index contributed by atoms with van der Waals surface area (Å²) in [4.78, 5) is 11.5.